The second kappa shape index (κ2) is 4.84. The zero-order valence-electron chi connectivity index (χ0n) is 8.07. The molecule has 2 nitrogen and oxygen atoms in total. The summed E-state index contributed by atoms with van der Waals surface area (Å²) in [6.45, 7) is 8.89. The maximum Gasteiger partial charge on any atom is 0.244 e. The number of halogens is 1. The summed E-state index contributed by atoms with van der Waals surface area (Å²) in [5.74, 6) is -0.00294. The highest BCUT2D eigenvalue weighted by atomic mass is 127. The lowest BCUT2D eigenvalue weighted by Crippen LogP contribution is -2.31. The van der Waals surface area contributed by atoms with E-state index in [1.54, 1.807) is 6.08 Å². The molecule has 3 heteroatoms. The molecule has 0 rings (SSSR count). The molecule has 0 atom stereocenters. The van der Waals surface area contributed by atoms with Gasteiger partial charge in [-0.05, 0) is 38.5 Å². The molecule has 1 amide bonds. The first-order valence-corrected chi connectivity index (χ1v) is 5.01. The average molecular weight is 281 g/mol. The van der Waals surface area contributed by atoms with Gasteiger partial charge in [-0.2, -0.15) is 0 Å². The van der Waals surface area contributed by atoms with Crippen molar-refractivity contribution in [3.63, 3.8) is 0 Å². The summed E-state index contributed by atoms with van der Waals surface area (Å²) in [6.07, 6.45) is 1.60. The zero-order valence-corrected chi connectivity index (χ0v) is 10.2. The molecule has 0 spiro atoms. The molecule has 0 aliphatic heterocycles. The van der Waals surface area contributed by atoms with Gasteiger partial charge in [0.15, 0.2) is 0 Å². The summed E-state index contributed by atoms with van der Waals surface area (Å²) in [4.78, 5) is 11.1. The minimum Gasteiger partial charge on any atom is -0.352 e. The number of nitrogens with one attached hydrogen (secondary N) is 1. The van der Waals surface area contributed by atoms with Crippen LogP contribution in [0.1, 0.15) is 27.7 Å². The van der Waals surface area contributed by atoms with Crippen LogP contribution < -0.4 is 5.32 Å². The molecule has 0 saturated heterocycles. The van der Waals surface area contributed by atoms with Gasteiger partial charge in [-0.25, -0.2) is 0 Å². The van der Waals surface area contributed by atoms with Crippen molar-refractivity contribution in [2.24, 2.45) is 5.41 Å². The smallest absolute Gasteiger partial charge is 0.244 e. The fraction of sp³-hybridized carbons (Fsp3) is 0.667. The van der Waals surface area contributed by atoms with Gasteiger partial charge in [0.2, 0.25) is 5.91 Å². The number of hydrogen-bond acceptors (Lipinski definition) is 1. The monoisotopic (exact) mass is 281 g/mol. The first-order valence-electron chi connectivity index (χ1n) is 3.93. The van der Waals surface area contributed by atoms with Gasteiger partial charge in [0.1, 0.15) is 0 Å². The van der Waals surface area contributed by atoms with Crippen LogP contribution in [0.3, 0.4) is 0 Å². The van der Waals surface area contributed by atoms with Gasteiger partial charge in [-0.3, -0.25) is 4.79 Å². The Bertz CT molecular complexity index is 187. The van der Waals surface area contributed by atoms with E-state index < -0.39 is 0 Å². The Kier molecular flexibility index (Phi) is 4.82. The van der Waals surface area contributed by atoms with E-state index in [2.05, 4.69) is 48.7 Å². The lowest BCUT2D eigenvalue weighted by molar-refractivity contribution is -0.116. The Morgan fingerprint density at radius 1 is 1.50 bits per heavy atom. The van der Waals surface area contributed by atoms with Gasteiger partial charge in [0.05, 0.1) is 0 Å². The second-order valence-corrected chi connectivity index (χ2v) is 5.71. The quantitative estimate of drug-likeness (QED) is 0.611. The highest BCUT2D eigenvalue weighted by Crippen LogP contribution is 2.10. The lowest BCUT2D eigenvalue weighted by atomic mass is 9.97. The Morgan fingerprint density at radius 2 is 2.00 bits per heavy atom. The topological polar surface area (TPSA) is 29.1 Å². The van der Waals surface area contributed by atoms with Gasteiger partial charge in [0, 0.05) is 12.6 Å². The number of hydrogen-bond donors (Lipinski definition) is 1. The largest absolute Gasteiger partial charge is 0.352 e. The molecule has 0 fully saturated rings. The summed E-state index contributed by atoms with van der Waals surface area (Å²) in [5, 5.41) is 2.83. The van der Waals surface area contributed by atoms with E-state index in [0.717, 1.165) is 3.58 Å². The van der Waals surface area contributed by atoms with Gasteiger partial charge < -0.3 is 5.32 Å². The van der Waals surface area contributed by atoms with Crippen molar-refractivity contribution in [2.45, 2.75) is 27.7 Å². The molecule has 70 valence electrons. The van der Waals surface area contributed by atoms with Gasteiger partial charge in [-0.1, -0.05) is 20.8 Å². The molecular weight excluding hydrogens is 265 g/mol. The van der Waals surface area contributed by atoms with E-state index in [-0.39, 0.29) is 11.3 Å². The summed E-state index contributed by atoms with van der Waals surface area (Å²) in [7, 11) is 0. The van der Waals surface area contributed by atoms with Crippen molar-refractivity contribution in [1.29, 1.82) is 0 Å². The molecule has 0 radical (unpaired) electrons. The molecule has 0 aromatic carbocycles. The highest BCUT2D eigenvalue weighted by molar-refractivity contribution is 14.1. The Hall–Kier alpha value is -0.0600. The summed E-state index contributed by atoms with van der Waals surface area (Å²) >= 11 is 2.12. The van der Waals surface area contributed by atoms with Crippen molar-refractivity contribution in [3.05, 3.63) is 9.66 Å². The SMILES string of the molecule is CC(I)=CC(=O)NCC(C)(C)C. The Balaban J connectivity index is 3.81. The predicted octanol–water partition coefficient (Wildman–Crippen LogP) is 2.49. The maximum absolute atomic E-state index is 11.1. The Morgan fingerprint density at radius 3 is 2.33 bits per heavy atom. The summed E-state index contributed by atoms with van der Waals surface area (Å²) in [6, 6.07) is 0. The van der Waals surface area contributed by atoms with Crippen LogP contribution in [-0.2, 0) is 4.79 Å². The number of carbonyl (C=O) groups is 1. The molecule has 0 bridgehead atoms. The number of carbonyl (C=O) groups excluding carboxylic acids is 1. The summed E-state index contributed by atoms with van der Waals surface area (Å²) < 4.78 is 0.999. The van der Waals surface area contributed by atoms with E-state index in [0.29, 0.717) is 6.54 Å². The molecule has 0 aromatic rings. The normalized spacial score (nSPS) is 12.9. The van der Waals surface area contributed by atoms with Crippen LogP contribution in [0.2, 0.25) is 0 Å². The first-order chi connectivity index (χ1) is 5.31. The third-order valence-corrected chi connectivity index (χ3v) is 1.43. The maximum atomic E-state index is 11.1. The van der Waals surface area contributed by atoms with Gasteiger partial charge >= 0.3 is 0 Å². The molecular formula is C9H16INO. The molecule has 0 aliphatic carbocycles. The molecule has 0 saturated carbocycles. The van der Waals surface area contributed by atoms with Crippen molar-refractivity contribution in [2.75, 3.05) is 6.54 Å². The van der Waals surface area contributed by atoms with Crippen LogP contribution in [0.5, 0.6) is 0 Å². The number of amides is 1. The van der Waals surface area contributed by atoms with Crippen LogP contribution in [0.15, 0.2) is 9.66 Å². The average Bonchev–Trinajstić information content (AvgIpc) is 1.80. The van der Waals surface area contributed by atoms with Crippen LogP contribution >= 0.6 is 22.6 Å². The van der Waals surface area contributed by atoms with Crippen LogP contribution in [0.25, 0.3) is 0 Å². The zero-order chi connectivity index (χ0) is 9.78. The van der Waals surface area contributed by atoms with Gasteiger partial charge in [-0.15, -0.1) is 0 Å². The minimum atomic E-state index is -0.00294. The summed E-state index contributed by atoms with van der Waals surface area (Å²) in [5.41, 5.74) is 0.155. The predicted molar refractivity (Wildman–Crippen MR) is 60.2 cm³/mol. The van der Waals surface area contributed by atoms with E-state index in [9.17, 15) is 4.79 Å². The van der Waals surface area contributed by atoms with E-state index in [1.165, 1.54) is 0 Å². The second-order valence-electron chi connectivity index (χ2n) is 4.01. The molecule has 12 heavy (non-hydrogen) atoms. The van der Waals surface area contributed by atoms with E-state index in [4.69, 9.17) is 0 Å². The molecule has 0 heterocycles. The van der Waals surface area contributed by atoms with E-state index >= 15 is 0 Å². The van der Waals surface area contributed by atoms with E-state index in [1.807, 2.05) is 6.92 Å². The Labute approximate surface area is 87.9 Å². The van der Waals surface area contributed by atoms with Crippen LogP contribution in [-0.4, -0.2) is 12.5 Å². The minimum absolute atomic E-state index is 0.00294. The van der Waals surface area contributed by atoms with Crippen molar-refractivity contribution in [1.82, 2.24) is 5.32 Å². The number of allylic oxidation sites excluding steroid dienone is 1. The standard InChI is InChI=1S/C9H16INO/c1-7(10)5-8(12)11-6-9(2,3)4/h5H,6H2,1-4H3,(H,11,12). The third-order valence-electron chi connectivity index (χ3n) is 1.12. The van der Waals surface area contributed by atoms with Crippen molar-refractivity contribution >= 4 is 28.5 Å². The van der Waals surface area contributed by atoms with Crippen LogP contribution in [0, 0.1) is 5.41 Å². The third kappa shape index (κ3) is 8.04. The molecule has 1 N–H and O–H groups in total. The lowest BCUT2D eigenvalue weighted by Gasteiger charge is -2.17. The molecule has 0 unspecified atom stereocenters. The molecule has 0 aliphatic rings. The highest BCUT2D eigenvalue weighted by Gasteiger charge is 2.10. The molecule has 0 aromatic heterocycles. The van der Waals surface area contributed by atoms with Crippen molar-refractivity contribution < 1.29 is 4.79 Å². The van der Waals surface area contributed by atoms with Gasteiger partial charge in [0.25, 0.3) is 0 Å². The fourth-order valence-electron chi connectivity index (χ4n) is 0.584. The fourth-order valence-corrected chi connectivity index (χ4v) is 0.867. The number of rotatable bonds is 2. The van der Waals surface area contributed by atoms with Crippen molar-refractivity contribution in [3.8, 4) is 0 Å². The first kappa shape index (κ1) is 11.9. The van der Waals surface area contributed by atoms with Crippen LogP contribution in [0.4, 0.5) is 0 Å².